The highest BCUT2D eigenvalue weighted by atomic mass is 14.4. The van der Waals surface area contributed by atoms with Crippen molar-refractivity contribution in [3.05, 3.63) is 35.4 Å². The Morgan fingerprint density at radius 3 is 2.07 bits per heavy atom. The molecule has 2 aliphatic rings. The molecule has 0 amide bonds. The van der Waals surface area contributed by atoms with E-state index in [-0.39, 0.29) is 0 Å². The van der Waals surface area contributed by atoms with Crippen LogP contribution < -0.4 is 0 Å². The smallest absolute Gasteiger partial charge is 0.0162 e. The predicted octanol–water partition coefficient (Wildman–Crippen LogP) is 8.69. The molecule has 0 unspecified atom stereocenters. The van der Waals surface area contributed by atoms with E-state index < -0.39 is 0 Å². The van der Waals surface area contributed by atoms with Crippen LogP contribution in [0.2, 0.25) is 0 Å². The van der Waals surface area contributed by atoms with E-state index in [1.54, 1.807) is 11.1 Å². The van der Waals surface area contributed by atoms with E-state index in [2.05, 4.69) is 45.0 Å². The van der Waals surface area contributed by atoms with Crippen LogP contribution in [0.5, 0.6) is 0 Å². The molecule has 0 atom stereocenters. The second kappa shape index (κ2) is 10.1. The average molecular weight is 369 g/mol. The van der Waals surface area contributed by atoms with Gasteiger partial charge in [-0.1, -0.05) is 90.0 Å². The second-order valence-electron chi connectivity index (χ2n) is 10.3. The fourth-order valence-corrected chi connectivity index (χ4v) is 5.76. The quantitative estimate of drug-likeness (QED) is 0.430. The second-order valence-corrected chi connectivity index (χ2v) is 10.3. The van der Waals surface area contributed by atoms with Crippen LogP contribution in [0.3, 0.4) is 0 Å². The van der Waals surface area contributed by atoms with Crippen molar-refractivity contribution in [2.24, 2.45) is 17.3 Å². The Bertz CT molecular complexity index is 524. The summed E-state index contributed by atoms with van der Waals surface area (Å²) in [7, 11) is 0. The Morgan fingerprint density at radius 2 is 1.48 bits per heavy atom. The van der Waals surface area contributed by atoms with Crippen molar-refractivity contribution >= 4 is 0 Å². The zero-order valence-corrected chi connectivity index (χ0v) is 18.4. The molecule has 0 aliphatic heterocycles. The van der Waals surface area contributed by atoms with E-state index in [0.29, 0.717) is 5.41 Å². The van der Waals surface area contributed by atoms with Crippen molar-refractivity contribution in [1.82, 2.24) is 0 Å². The first-order chi connectivity index (χ1) is 13.1. The summed E-state index contributed by atoms with van der Waals surface area (Å²) in [6, 6.07) is 9.81. The predicted molar refractivity (Wildman–Crippen MR) is 119 cm³/mol. The van der Waals surface area contributed by atoms with Gasteiger partial charge < -0.3 is 0 Å². The Hall–Kier alpha value is -0.780. The molecule has 0 nitrogen and oxygen atoms in total. The summed E-state index contributed by atoms with van der Waals surface area (Å²) in [6.07, 6.45) is 19.9. The minimum atomic E-state index is 0.628. The van der Waals surface area contributed by atoms with Gasteiger partial charge in [-0.2, -0.15) is 0 Å². The third-order valence-corrected chi connectivity index (χ3v) is 8.16. The molecule has 2 aliphatic carbocycles. The van der Waals surface area contributed by atoms with Crippen LogP contribution in [0.25, 0.3) is 0 Å². The summed E-state index contributed by atoms with van der Waals surface area (Å²) in [5, 5.41) is 0. The van der Waals surface area contributed by atoms with Gasteiger partial charge in [-0.25, -0.2) is 0 Å². The molecule has 2 fully saturated rings. The van der Waals surface area contributed by atoms with Crippen LogP contribution in [0.4, 0.5) is 0 Å². The Balaban J connectivity index is 1.43. The average Bonchev–Trinajstić information content (AvgIpc) is 2.72. The summed E-state index contributed by atoms with van der Waals surface area (Å²) >= 11 is 0. The lowest BCUT2D eigenvalue weighted by Crippen LogP contribution is -2.23. The van der Waals surface area contributed by atoms with Crippen molar-refractivity contribution in [2.45, 2.75) is 117 Å². The van der Waals surface area contributed by atoms with E-state index in [9.17, 15) is 0 Å². The van der Waals surface area contributed by atoms with Crippen LogP contribution >= 0.6 is 0 Å². The molecular formula is C27H44. The molecule has 3 rings (SSSR count). The molecule has 0 saturated heterocycles. The van der Waals surface area contributed by atoms with Crippen LogP contribution in [0.1, 0.15) is 121 Å². The zero-order valence-electron chi connectivity index (χ0n) is 18.4. The van der Waals surface area contributed by atoms with Gasteiger partial charge in [-0.05, 0) is 79.2 Å². The highest BCUT2D eigenvalue weighted by Crippen LogP contribution is 2.45. The lowest BCUT2D eigenvalue weighted by Gasteiger charge is -2.37. The third-order valence-electron chi connectivity index (χ3n) is 8.16. The molecule has 27 heavy (non-hydrogen) atoms. The van der Waals surface area contributed by atoms with E-state index in [0.717, 1.165) is 17.8 Å². The highest BCUT2D eigenvalue weighted by molar-refractivity contribution is 5.26. The van der Waals surface area contributed by atoms with Gasteiger partial charge in [0.15, 0.2) is 0 Å². The van der Waals surface area contributed by atoms with Gasteiger partial charge in [0.25, 0.3) is 0 Å². The Kier molecular flexibility index (Phi) is 7.86. The first kappa shape index (κ1) is 20.9. The third kappa shape index (κ3) is 6.10. The largest absolute Gasteiger partial charge is 0.0654 e. The van der Waals surface area contributed by atoms with E-state index in [4.69, 9.17) is 0 Å². The van der Waals surface area contributed by atoms with Crippen molar-refractivity contribution in [2.75, 3.05) is 0 Å². The zero-order chi connectivity index (χ0) is 19.1. The monoisotopic (exact) mass is 368 g/mol. The number of hydrogen-bond acceptors (Lipinski definition) is 0. The van der Waals surface area contributed by atoms with Crippen molar-refractivity contribution in [1.29, 1.82) is 0 Å². The standard InChI is InChI=1S/C27H44/c1-4-6-19-27(3)20-17-26(18-21-27)25-15-13-24(14-16-25)12-11-23-9-7-22(5-2)8-10-23/h13-16,22-23,26H,4-12,17-21H2,1-3H3/t22-,23-,26?,27?. The van der Waals surface area contributed by atoms with E-state index >= 15 is 0 Å². The van der Waals surface area contributed by atoms with Crippen LogP contribution in [-0.2, 0) is 6.42 Å². The fourth-order valence-electron chi connectivity index (χ4n) is 5.76. The van der Waals surface area contributed by atoms with Gasteiger partial charge in [0, 0.05) is 0 Å². The number of rotatable bonds is 8. The topological polar surface area (TPSA) is 0 Å². The minimum absolute atomic E-state index is 0.628. The Morgan fingerprint density at radius 1 is 0.852 bits per heavy atom. The number of benzene rings is 1. The first-order valence-corrected chi connectivity index (χ1v) is 12.2. The number of aryl methyl sites for hydroxylation is 1. The molecule has 0 radical (unpaired) electrons. The molecule has 0 spiro atoms. The van der Waals surface area contributed by atoms with E-state index in [1.165, 1.54) is 89.9 Å². The molecule has 0 aromatic heterocycles. The van der Waals surface area contributed by atoms with Gasteiger partial charge >= 0.3 is 0 Å². The van der Waals surface area contributed by atoms with Gasteiger partial charge in [0.05, 0.1) is 0 Å². The van der Waals surface area contributed by atoms with E-state index in [1.807, 2.05) is 0 Å². The van der Waals surface area contributed by atoms with Gasteiger partial charge in [-0.3, -0.25) is 0 Å². The number of unbranched alkanes of at least 4 members (excludes halogenated alkanes) is 1. The lowest BCUT2D eigenvalue weighted by molar-refractivity contribution is 0.179. The van der Waals surface area contributed by atoms with Crippen molar-refractivity contribution in [3.63, 3.8) is 0 Å². The van der Waals surface area contributed by atoms with Crippen LogP contribution in [-0.4, -0.2) is 0 Å². The lowest BCUT2D eigenvalue weighted by atomic mass is 9.68. The normalized spacial score (nSPS) is 31.7. The molecule has 1 aromatic carbocycles. The molecule has 0 N–H and O–H groups in total. The molecule has 0 bridgehead atoms. The summed E-state index contributed by atoms with van der Waals surface area (Å²) < 4.78 is 0. The maximum atomic E-state index is 2.54. The van der Waals surface area contributed by atoms with Gasteiger partial charge in [0.2, 0.25) is 0 Å². The van der Waals surface area contributed by atoms with Crippen molar-refractivity contribution < 1.29 is 0 Å². The minimum Gasteiger partial charge on any atom is -0.0654 e. The molecule has 2 saturated carbocycles. The maximum Gasteiger partial charge on any atom is -0.0162 e. The Labute approximate surface area is 169 Å². The fraction of sp³-hybridized carbons (Fsp3) is 0.778. The molecule has 1 aromatic rings. The SMILES string of the molecule is CCCCC1(C)CCC(c2ccc(CC[C@H]3CC[C@H](CC)CC3)cc2)CC1. The molecule has 0 heteroatoms. The molecule has 152 valence electrons. The van der Waals surface area contributed by atoms with Gasteiger partial charge in [0.1, 0.15) is 0 Å². The highest BCUT2D eigenvalue weighted by Gasteiger charge is 2.31. The van der Waals surface area contributed by atoms with Crippen LogP contribution in [0.15, 0.2) is 24.3 Å². The van der Waals surface area contributed by atoms with Gasteiger partial charge in [-0.15, -0.1) is 0 Å². The molecule has 0 heterocycles. The van der Waals surface area contributed by atoms with Crippen LogP contribution in [0, 0.1) is 17.3 Å². The summed E-state index contributed by atoms with van der Waals surface area (Å²) in [5.41, 5.74) is 3.81. The molecular weight excluding hydrogens is 324 g/mol. The van der Waals surface area contributed by atoms with Crippen molar-refractivity contribution in [3.8, 4) is 0 Å². The number of hydrogen-bond donors (Lipinski definition) is 0. The summed E-state index contributed by atoms with van der Waals surface area (Å²) in [4.78, 5) is 0. The summed E-state index contributed by atoms with van der Waals surface area (Å²) in [6.45, 7) is 7.23. The summed E-state index contributed by atoms with van der Waals surface area (Å²) in [5.74, 6) is 2.84. The maximum absolute atomic E-state index is 2.54. The first-order valence-electron chi connectivity index (χ1n) is 12.2.